The summed E-state index contributed by atoms with van der Waals surface area (Å²) in [6.45, 7) is 0. The first-order valence-corrected chi connectivity index (χ1v) is 7.92. The fourth-order valence-corrected chi connectivity index (χ4v) is 2.72. The molecule has 0 aromatic heterocycles. The second kappa shape index (κ2) is 8.15. The number of anilines is 1. The van der Waals surface area contributed by atoms with Gasteiger partial charge >= 0.3 is 5.97 Å². The van der Waals surface area contributed by atoms with E-state index in [1.165, 1.54) is 0 Å². The molecule has 4 N–H and O–H groups in total. The third kappa shape index (κ3) is 4.96. The van der Waals surface area contributed by atoms with E-state index in [0.717, 1.165) is 5.56 Å². The van der Waals surface area contributed by atoms with Crippen LogP contribution in [0.1, 0.15) is 11.1 Å². The Kier molecular flexibility index (Phi) is 6.20. The van der Waals surface area contributed by atoms with Crippen molar-refractivity contribution >= 4 is 40.8 Å². The molecule has 1 unspecified atom stereocenters. The fourth-order valence-electron chi connectivity index (χ4n) is 2.18. The quantitative estimate of drug-likeness (QED) is 0.731. The molecule has 7 heteroatoms. The number of hydrogen-bond acceptors (Lipinski definition) is 3. The Morgan fingerprint density at radius 2 is 1.75 bits per heavy atom. The van der Waals surface area contributed by atoms with Gasteiger partial charge in [-0.1, -0.05) is 41.4 Å². The summed E-state index contributed by atoms with van der Waals surface area (Å²) in [6.07, 6.45) is 0.215. The minimum atomic E-state index is -1.07. The SMILES string of the molecule is NC(Cc1cccc(NC(=O)Cc2c(Cl)cccc2Cl)c1)C(=O)O. The molecule has 2 aromatic carbocycles. The first kappa shape index (κ1) is 18.3. The Labute approximate surface area is 149 Å². The Bertz CT molecular complexity index is 745. The topological polar surface area (TPSA) is 92.4 Å². The van der Waals surface area contributed by atoms with Crippen LogP contribution in [0.2, 0.25) is 10.0 Å². The zero-order valence-corrected chi connectivity index (χ0v) is 14.1. The van der Waals surface area contributed by atoms with Crippen LogP contribution in [0.15, 0.2) is 42.5 Å². The van der Waals surface area contributed by atoms with Crippen LogP contribution in [0.25, 0.3) is 0 Å². The molecule has 1 atom stereocenters. The number of hydrogen-bond donors (Lipinski definition) is 3. The van der Waals surface area contributed by atoms with Crippen LogP contribution in [0.5, 0.6) is 0 Å². The van der Waals surface area contributed by atoms with Crippen molar-refractivity contribution in [2.75, 3.05) is 5.32 Å². The molecule has 2 aromatic rings. The smallest absolute Gasteiger partial charge is 0.320 e. The largest absolute Gasteiger partial charge is 0.480 e. The second-order valence-corrected chi connectivity index (χ2v) is 6.09. The lowest BCUT2D eigenvalue weighted by atomic mass is 10.1. The summed E-state index contributed by atoms with van der Waals surface area (Å²) in [4.78, 5) is 23.0. The molecular weight excluding hydrogens is 351 g/mol. The normalized spacial score (nSPS) is 11.8. The number of amides is 1. The molecule has 1 amide bonds. The lowest BCUT2D eigenvalue weighted by Gasteiger charge is -2.10. The van der Waals surface area contributed by atoms with Crippen LogP contribution >= 0.6 is 23.2 Å². The van der Waals surface area contributed by atoms with Crippen LogP contribution in [0.4, 0.5) is 5.69 Å². The van der Waals surface area contributed by atoms with E-state index in [1.807, 2.05) is 0 Å². The summed E-state index contributed by atoms with van der Waals surface area (Å²) in [7, 11) is 0. The number of carbonyl (C=O) groups is 2. The number of rotatable bonds is 6. The van der Waals surface area contributed by atoms with E-state index < -0.39 is 12.0 Å². The van der Waals surface area contributed by atoms with Gasteiger partial charge in [-0.05, 0) is 41.8 Å². The third-order valence-corrected chi connectivity index (χ3v) is 4.09. The van der Waals surface area contributed by atoms with E-state index >= 15 is 0 Å². The second-order valence-electron chi connectivity index (χ2n) is 5.27. The van der Waals surface area contributed by atoms with Gasteiger partial charge in [0.15, 0.2) is 0 Å². The molecule has 0 spiro atoms. The number of halogens is 2. The lowest BCUT2D eigenvalue weighted by Crippen LogP contribution is -2.32. The number of carboxylic acid groups (broad SMARTS) is 1. The molecule has 5 nitrogen and oxygen atoms in total. The molecule has 24 heavy (non-hydrogen) atoms. The highest BCUT2D eigenvalue weighted by Gasteiger charge is 2.14. The van der Waals surface area contributed by atoms with Crippen LogP contribution in [-0.2, 0) is 22.4 Å². The molecule has 0 aliphatic heterocycles. The van der Waals surface area contributed by atoms with E-state index in [4.69, 9.17) is 34.0 Å². The molecule has 0 aliphatic rings. The standard InChI is InChI=1S/C17H16Cl2N2O3/c18-13-5-2-6-14(19)12(13)9-16(22)21-11-4-1-3-10(7-11)8-15(20)17(23)24/h1-7,15H,8-9,20H2,(H,21,22)(H,23,24). The summed E-state index contributed by atoms with van der Waals surface area (Å²) in [5, 5.41) is 12.5. The maximum atomic E-state index is 12.2. The maximum Gasteiger partial charge on any atom is 0.320 e. The Hall–Kier alpha value is -2.08. The molecule has 0 aliphatic carbocycles. The number of aliphatic carboxylic acids is 1. The highest BCUT2D eigenvalue weighted by atomic mass is 35.5. The predicted octanol–water partition coefficient (Wildman–Crippen LogP) is 3.13. The van der Waals surface area contributed by atoms with Crippen LogP contribution in [0, 0.1) is 0 Å². The van der Waals surface area contributed by atoms with Gasteiger partial charge in [-0.25, -0.2) is 0 Å². The summed E-state index contributed by atoms with van der Waals surface area (Å²) >= 11 is 12.1. The minimum Gasteiger partial charge on any atom is -0.480 e. The molecule has 0 bridgehead atoms. The maximum absolute atomic E-state index is 12.2. The number of carbonyl (C=O) groups excluding carboxylic acids is 1. The number of benzene rings is 2. The highest BCUT2D eigenvalue weighted by molar-refractivity contribution is 6.36. The predicted molar refractivity (Wildman–Crippen MR) is 94.6 cm³/mol. The summed E-state index contributed by atoms with van der Waals surface area (Å²) in [5.41, 5.74) is 7.35. The van der Waals surface area contributed by atoms with Gasteiger partial charge < -0.3 is 16.2 Å². The molecule has 0 saturated heterocycles. The van der Waals surface area contributed by atoms with Crippen molar-refractivity contribution in [2.45, 2.75) is 18.9 Å². The van der Waals surface area contributed by atoms with Crippen molar-refractivity contribution in [3.05, 3.63) is 63.6 Å². The van der Waals surface area contributed by atoms with Gasteiger partial charge in [0.1, 0.15) is 6.04 Å². The van der Waals surface area contributed by atoms with E-state index in [2.05, 4.69) is 5.32 Å². The van der Waals surface area contributed by atoms with Crippen molar-refractivity contribution in [1.82, 2.24) is 0 Å². The highest BCUT2D eigenvalue weighted by Crippen LogP contribution is 2.25. The zero-order chi connectivity index (χ0) is 17.7. The molecule has 0 radical (unpaired) electrons. The van der Waals surface area contributed by atoms with Gasteiger partial charge in [-0.15, -0.1) is 0 Å². The van der Waals surface area contributed by atoms with Crippen molar-refractivity contribution in [2.24, 2.45) is 5.73 Å². The van der Waals surface area contributed by atoms with E-state index in [0.29, 0.717) is 21.3 Å². The molecule has 126 valence electrons. The summed E-state index contributed by atoms with van der Waals surface area (Å²) in [6, 6.07) is 10.9. The van der Waals surface area contributed by atoms with Crippen LogP contribution in [-0.4, -0.2) is 23.0 Å². The van der Waals surface area contributed by atoms with Gasteiger partial charge in [-0.3, -0.25) is 9.59 Å². The lowest BCUT2D eigenvalue weighted by molar-refractivity contribution is -0.138. The van der Waals surface area contributed by atoms with Crippen molar-refractivity contribution in [3.63, 3.8) is 0 Å². The van der Waals surface area contributed by atoms with Crippen LogP contribution in [0.3, 0.4) is 0 Å². The van der Waals surface area contributed by atoms with Gasteiger partial charge in [-0.2, -0.15) is 0 Å². The van der Waals surface area contributed by atoms with Crippen LogP contribution < -0.4 is 11.1 Å². The molecule has 2 rings (SSSR count). The monoisotopic (exact) mass is 366 g/mol. The molecule has 0 fully saturated rings. The number of nitrogens with two attached hydrogens (primary N) is 1. The minimum absolute atomic E-state index is 0.0391. The Balaban J connectivity index is 2.05. The summed E-state index contributed by atoms with van der Waals surface area (Å²) in [5.74, 6) is -1.34. The number of nitrogens with one attached hydrogen (secondary N) is 1. The van der Waals surface area contributed by atoms with E-state index in [9.17, 15) is 9.59 Å². The van der Waals surface area contributed by atoms with Gasteiger partial charge in [0.2, 0.25) is 5.91 Å². The first-order chi connectivity index (χ1) is 11.4. The molecule has 0 heterocycles. The van der Waals surface area contributed by atoms with Gasteiger partial charge in [0.25, 0.3) is 0 Å². The van der Waals surface area contributed by atoms with E-state index in [-0.39, 0.29) is 18.7 Å². The van der Waals surface area contributed by atoms with Crippen molar-refractivity contribution in [3.8, 4) is 0 Å². The third-order valence-electron chi connectivity index (χ3n) is 3.38. The van der Waals surface area contributed by atoms with E-state index in [1.54, 1.807) is 42.5 Å². The average Bonchev–Trinajstić information content (AvgIpc) is 2.51. The van der Waals surface area contributed by atoms with Gasteiger partial charge in [0.05, 0.1) is 6.42 Å². The first-order valence-electron chi connectivity index (χ1n) is 7.17. The van der Waals surface area contributed by atoms with Crippen molar-refractivity contribution in [1.29, 1.82) is 0 Å². The fraction of sp³-hybridized carbons (Fsp3) is 0.176. The number of carboxylic acids is 1. The average molecular weight is 367 g/mol. The Morgan fingerprint density at radius 1 is 1.12 bits per heavy atom. The summed E-state index contributed by atoms with van der Waals surface area (Å²) < 4.78 is 0. The van der Waals surface area contributed by atoms with Gasteiger partial charge in [0, 0.05) is 15.7 Å². The molecular formula is C17H16Cl2N2O3. The zero-order valence-electron chi connectivity index (χ0n) is 12.6. The Morgan fingerprint density at radius 3 is 2.38 bits per heavy atom. The van der Waals surface area contributed by atoms with Crippen molar-refractivity contribution < 1.29 is 14.7 Å². The molecule has 0 saturated carbocycles.